The quantitative estimate of drug-likeness (QED) is 0.442. The smallest absolute Gasteiger partial charge is 0.260 e. The summed E-state index contributed by atoms with van der Waals surface area (Å²) < 4.78 is 34.8. The average molecular weight is 528 g/mol. The number of benzene rings is 2. The van der Waals surface area contributed by atoms with E-state index in [2.05, 4.69) is 26.0 Å². The molecule has 7 nitrogen and oxygen atoms in total. The Morgan fingerprint density at radius 3 is 2.53 bits per heavy atom. The molecule has 1 aromatic heterocycles. The highest BCUT2D eigenvalue weighted by molar-refractivity contribution is 7.89. The first kappa shape index (κ1) is 25.3. The first-order valence-electron chi connectivity index (χ1n) is 12.6. The third-order valence-electron chi connectivity index (χ3n) is 7.18. The Morgan fingerprint density at radius 2 is 1.86 bits per heavy atom. The van der Waals surface area contributed by atoms with Crippen molar-refractivity contribution in [3.8, 4) is 0 Å². The van der Waals surface area contributed by atoms with E-state index >= 15 is 0 Å². The minimum Gasteiger partial charge on any atom is -0.376 e. The topological polar surface area (TPSA) is 79.8 Å². The van der Waals surface area contributed by atoms with Crippen LogP contribution in [0.2, 0.25) is 0 Å². The molecule has 2 saturated heterocycles. The summed E-state index contributed by atoms with van der Waals surface area (Å²) >= 11 is 1.51. The van der Waals surface area contributed by atoms with E-state index in [4.69, 9.17) is 9.72 Å². The third-order valence-corrected chi connectivity index (χ3v) is 10.3. The summed E-state index contributed by atoms with van der Waals surface area (Å²) in [5, 5.41) is 0.641. The first-order chi connectivity index (χ1) is 17.2. The van der Waals surface area contributed by atoms with Crippen LogP contribution in [0, 0.1) is 19.8 Å². The van der Waals surface area contributed by atoms with E-state index in [0.29, 0.717) is 42.9 Å². The van der Waals surface area contributed by atoms with Gasteiger partial charge < -0.3 is 4.74 Å². The molecule has 1 amide bonds. The lowest BCUT2D eigenvalue weighted by Crippen LogP contribution is -2.39. The number of anilines is 1. The number of carbonyl (C=O) groups is 1. The van der Waals surface area contributed by atoms with E-state index < -0.39 is 10.0 Å². The number of fused-ring (bicyclic) bond motifs is 1. The summed E-state index contributed by atoms with van der Waals surface area (Å²) in [5.74, 6) is 0.150. The van der Waals surface area contributed by atoms with Crippen molar-refractivity contribution in [2.45, 2.75) is 57.5 Å². The van der Waals surface area contributed by atoms with Gasteiger partial charge in [-0.05, 0) is 80.8 Å². The van der Waals surface area contributed by atoms with Crippen LogP contribution in [0.1, 0.15) is 54.1 Å². The van der Waals surface area contributed by atoms with E-state index in [1.807, 2.05) is 6.92 Å². The molecule has 2 atom stereocenters. The summed E-state index contributed by atoms with van der Waals surface area (Å²) in [6.45, 7) is 8.36. The molecule has 0 bridgehead atoms. The van der Waals surface area contributed by atoms with Crippen LogP contribution in [0.5, 0.6) is 0 Å². The highest BCUT2D eigenvalue weighted by Crippen LogP contribution is 2.34. The molecule has 0 aliphatic carbocycles. The maximum Gasteiger partial charge on any atom is 0.260 e. The second-order valence-corrected chi connectivity index (χ2v) is 13.0. The molecule has 2 aromatic carbocycles. The van der Waals surface area contributed by atoms with E-state index in [9.17, 15) is 13.2 Å². The Balaban J connectivity index is 1.45. The van der Waals surface area contributed by atoms with Gasteiger partial charge in [-0.1, -0.05) is 30.4 Å². The van der Waals surface area contributed by atoms with E-state index in [-0.39, 0.29) is 16.9 Å². The number of ether oxygens (including phenoxy) is 1. The molecule has 0 radical (unpaired) electrons. The zero-order valence-electron chi connectivity index (χ0n) is 21.1. The molecule has 3 heterocycles. The van der Waals surface area contributed by atoms with E-state index in [1.54, 1.807) is 33.5 Å². The number of amides is 1. The van der Waals surface area contributed by atoms with Gasteiger partial charge in [0.1, 0.15) is 0 Å². The normalized spacial score (nSPS) is 21.2. The molecule has 2 unspecified atom stereocenters. The van der Waals surface area contributed by atoms with Crippen molar-refractivity contribution in [1.82, 2.24) is 9.29 Å². The van der Waals surface area contributed by atoms with Crippen molar-refractivity contribution in [3.05, 3.63) is 53.1 Å². The summed E-state index contributed by atoms with van der Waals surface area (Å²) in [5.41, 5.74) is 3.55. The van der Waals surface area contributed by atoms with Crippen LogP contribution in [0.25, 0.3) is 10.2 Å². The van der Waals surface area contributed by atoms with E-state index in [1.165, 1.54) is 11.3 Å². The Morgan fingerprint density at radius 1 is 1.11 bits per heavy atom. The zero-order chi connectivity index (χ0) is 25.4. The monoisotopic (exact) mass is 527 g/mol. The number of carbonyl (C=O) groups excluding carboxylic acids is 1. The van der Waals surface area contributed by atoms with Gasteiger partial charge in [0.25, 0.3) is 5.91 Å². The molecule has 36 heavy (non-hydrogen) atoms. The highest BCUT2D eigenvalue weighted by Gasteiger charge is 2.30. The van der Waals surface area contributed by atoms with Crippen LogP contribution in [0.4, 0.5) is 5.13 Å². The molecule has 9 heteroatoms. The Labute approximate surface area is 217 Å². The molecule has 192 valence electrons. The molecular weight excluding hydrogens is 494 g/mol. The van der Waals surface area contributed by atoms with Gasteiger partial charge in [0.15, 0.2) is 5.13 Å². The van der Waals surface area contributed by atoms with E-state index in [0.717, 1.165) is 47.0 Å². The van der Waals surface area contributed by atoms with Crippen molar-refractivity contribution < 1.29 is 17.9 Å². The molecule has 0 spiro atoms. The zero-order valence-corrected chi connectivity index (χ0v) is 22.7. The number of piperidine rings is 1. The van der Waals surface area contributed by atoms with Crippen molar-refractivity contribution in [3.63, 3.8) is 0 Å². The fourth-order valence-electron chi connectivity index (χ4n) is 5.04. The van der Waals surface area contributed by atoms with Gasteiger partial charge in [-0.15, -0.1) is 0 Å². The molecule has 2 aliphatic rings. The van der Waals surface area contributed by atoms with Gasteiger partial charge in [-0.2, -0.15) is 4.31 Å². The van der Waals surface area contributed by atoms with Gasteiger partial charge in [0.05, 0.1) is 27.8 Å². The predicted octanol–water partition coefficient (Wildman–Crippen LogP) is 5.16. The molecule has 2 aliphatic heterocycles. The SMILES string of the molecule is Cc1ccc(C)c2sc(N(CC3CCCO3)C(=O)c3ccc(S(=O)(=O)N4CCCC(C)C4)cc3)nc12. The largest absolute Gasteiger partial charge is 0.376 e. The summed E-state index contributed by atoms with van der Waals surface area (Å²) in [7, 11) is -3.58. The third kappa shape index (κ3) is 4.94. The summed E-state index contributed by atoms with van der Waals surface area (Å²) in [6, 6.07) is 10.5. The lowest BCUT2D eigenvalue weighted by molar-refractivity contribution is 0.0917. The lowest BCUT2D eigenvalue weighted by Gasteiger charge is -2.30. The second-order valence-electron chi connectivity index (χ2n) is 10.1. The van der Waals surface area contributed by atoms with Crippen LogP contribution < -0.4 is 4.90 Å². The van der Waals surface area contributed by atoms with Gasteiger partial charge in [0, 0.05) is 25.3 Å². The van der Waals surface area contributed by atoms with Crippen molar-refractivity contribution in [2.75, 3.05) is 31.1 Å². The van der Waals surface area contributed by atoms with Crippen LogP contribution >= 0.6 is 11.3 Å². The molecule has 2 fully saturated rings. The van der Waals surface area contributed by atoms with Crippen LogP contribution in [-0.2, 0) is 14.8 Å². The van der Waals surface area contributed by atoms with Gasteiger partial charge >= 0.3 is 0 Å². The molecule has 0 saturated carbocycles. The summed E-state index contributed by atoms with van der Waals surface area (Å²) in [4.78, 5) is 20.5. The van der Waals surface area contributed by atoms with Crippen molar-refractivity contribution >= 4 is 42.6 Å². The van der Waals surface area contributed by atoms with Gasteiger partial charge in [-0.25, -0.2) is 13.4 Å². The number of sulfonamides is 1. The Hall–Kier alpha value is -2.33. The maximum absolute atomic E-state index is 13.8. The van der Waals surface area contributed by atoms with Gasteiger partial charge in [-0.3, -0.25) is 9.69 Å². The summed E-state index contributed by atoms with van der Waals surface area (Å²) in [6.07, 6.45) is 3.76. The fraction of sp³-hybridized carbons (Fsp3) is 0.481. The minimum absolute atomic E-state index is 0.0381. The number of hydrogen-bond acceptors (Lipinski definition) is 6. The number of hydrogen-bond donors (Lipinski definition) is 0. The minimum atomic E-state index is -3.58. The van der Waals surface area contributed by atoms with Crippen LogP contribution in [0.15, 0.2) is 41.3 Å². The average Bonchev–Trinajstić information content (AvgIpc) is 3.55. The second kappa shape index (κ2) is 10.2. The molecule has 3 aromatic rings. The Bertz CT molecular complexity index is 1320. The number of aryl methyl sites for hydroxylation is 2. The number of aromatic nitrogens is 1. The molecular formula is C27H33N3O4S2. The van der Waals surface area contributed by atoms with Crippen LogP contribution in [0.3, 0.4) is 0 Å². The molecule has 0 N–H and O–H groups in total. The van der Waals surface area contributed by atoms with Crippen LogP contribution in [-0.4, -0.2) is 56.0 Å². The standard InChI is InChI=1S/C27H33N3O4S2/c1-18-6-4-14-29(16-18)36(32,33)23-12-10-21(11-13-23)26(31)30(17-22-7-5-15-34-22)27-28-24-19(2)8-9-20(3)25(24)35-27/h8-13,18,22H,4-7,14-17H2,1-3H3. The first-order valence-corrected chi connectivity index (χ1v) is 14.9. The van der Waals surface area contributed by atoms with Crippen molar-refractivity contribution in [1.29, 1.82) is 0 Å². The number of nitrogens with zero attached hydrogens (tertiary/aromatic N) is 3. The lowest BCUT2D eigenvalue weighted by atomic mass is 10.0. The fourth-order valence-corrected chi connectivity index (χ4v) is 7.76. The molecule has 5 rings (SSSR count). The van der Waals surface area contributed by atoms with Gasteiger partial charge in [0.2, 0.25) is 10.0 Å². The van der Waals surface area contributed by atoms with Crippen molar-refractivity contribution in [2.24, 2.45) is 5.92 Å². The highest BCUT2D eigenvalue weighted by atomic mass is 32.2. The number of rotatable bonds is 6. The maximum atomic E-state index is 13.8. The number of thiazole rings is 1. The predicted molar refractivity (Wildman–Crippen MR) is 143 cm³/mol. The Kier molecular flexibility index (Phi) is 7.18.